The van der Waals surface area contributed by atoms with Gasteiger partial charge in [0.2, 0.25) is 5.91 Å². The van der Waals surface area contributed by atoms with Crippen molar-refractivity contribution < 1.29 is 14.4 Å². The van der Waals surface area contributed by atoms with E-state index in [0.29, 0.717) is 27.0 Å². The molecule has 2 rings (SSSR count). The van der Waals surface area contributed by atoms with E-state index < -0.39 is 11.8 Å². The Morgan fingerprint density at radius 1 is 0.846 bits per heavy atom. The average Bonchev–Trinajstić information content (AvgIpc) is 2.54. The third-order valence-corrected chi connectivity index (χ3v) is 3.82. The summed E-state index contributed by atoms with van der Waals surface area (Å²) in [5.74, 6) is -0.973. The minimum atomic E-state index is -0.461. The van der Waals surface area contributed by atoms with Gasteiger partial charge in [0.25, 0.3) is 5.91 Å². The van der Waals surface area contributed by atoms with E-state index in [1.807, 2.05) is 0 Å². The highest BCUT2D eigenvalue weighted by atomic mass is 35.5. The average molecular weight is 391 g/mol. The number of halogens is 2. The van der Waals surface area contributed by atoms with E-state index in [1.165, 1.54) is 19.9 Å². The summed E-state index contributed by atoms with van der Waals surface area (Å²) in [6.07, 6.45) is 1.18. The molecule has 2 aromatic rings. The van der Waals surface area contributed by atoms with Crippen molar-refractivity contribution in [3.63, 3.8) is 0 Å². The molecule has 0 atom stereocenters. The first-order chi connectivity index (χ1) is 12.2. The van der Waals surface area contributed by atoms with E-state index in [4.69, 9.17) is 23.2 Å². The van der Waals surface area contributed by atoms with Gasteiger partial charge in [0.05, 0.1) is 0 Å². The van der Waals surface area contributed by atoms with E-state index in [9.17, 15) is 14.4 Å². The topological polar surface area (TPSA) is 75.3 Å². The third kappa shape index (κ3) is 5.72. The van der Waals surface area contributed by atoms with Crippen LogP contribution in [0.2, 0.25) is 10.0 Å². The number of rotatable bonds is 5. The first kappa shape index (κ1) is 19.7. The summed E-state index contributed by atoms with van der Waals surface area (Å²) < 4.78 is 0. The van der Waals surface area contributed by atoms with Gasteiger partial charge in [-0.15, -0.1) is 0 Å². The predicted molar refractivity (Wildman–Crippen MR) is 104 cm³/mol. The Labute approximate surface area is 161 Å². The summed E-state index contributed by atoms with van der Waals surface area (Å²) in [5.41, 5.74) is 1.71. The number of hydrogen-bond acceptors (Lipinski definition) is 3. The summed E-state index contributed by atoms with van der Waals surface area (Å²) in [5, 5.41) is 6.03. The number of ketones is 1. The van der Waals surface area contributed by atoms with Crippen molar-refractivity contribution in [2.24, 2.45) is 0 Å². The number of Topliss-reactive ketones (excluding diaryl/α,β-unsaturated/α-hetero) is 1. The molecule has 0 aliphatic carbocycles. The lowest BCUT2D eigenvalue weighted by molar-refractivity contribution is -0.114. The Bertz CT molecular complexity index is 870. The largest absolute Gasteiger partial charge is 0.323 e. The monoisotopic (exact) mass is 390 g/mol. The second kappa shape index (κ2) is 8.65. The summed E-state index contributed by atoms with van der Waals surface area (Å²) >= 11 is 11.8. The maximum atomic E-state index is 12.2. The highest BCUT2D eigenvalue weighted by molar-refractivity contribution is 6.35. The molecule has 0 bridgehead atoms. The van der Waals surface area contributed by atoms with Crippen molar-refractivity contribution in [2.45, 2.75) is 13.8 Å². The highest BCUT2D eigenvalue weighted by Gasteiger charge is 2.09. The van der Waals surface area contributed by atoms with Gasteiger partial charge in [0.15, 0.2) is 5.78 Å². The van der Waals surface area contributed by atoms with E-state index in [2.05, 4.69) is 10.6 Å². The molecule has 0 unspecified atom stereocenters. The van der Waals surface area contributed by atoms with Gasteiger partial charge >= 0.3 is 0 Å². The van der Waals surface area contributed by atoms with E-state index in [-0.39, 0.29) is 11.4 Å². The van der Waals surface area contributed by atoms with Crippen molar-refractivity contribution in [1.29, 1.82) is 0 Å². The Morgan fingerprint density at radius 3 is 1.96 bits per heavy atom. The van der Waals surface area contributed by atoms with Crippen LogP contribution in [0.1, 0.15) is 24.2 Å². The van der Waals surface area contributed by atoms with E-state index in [1.54, 1.807) is 42.5 Å². The van der Waals surface area contributed by atoms with Crippen molar-refractivity contribution in [3.05, 3.63) is 69.7 Å². The molecule has 7 heteroatoms. The van der Waals surface area contributed by atoms with Crippen molar-refractivity contribution in [2.75, 3.05) is 10.6 Å². The number of carbonyl (C=O) groups is 3. The van der Waals surface area contributed by atoms with Crippen molar-refractivity contribution in [1.82, 2.24) is 0 Å². The molecule has 5 nitrogen and oxygen atoms in total. The van der Waals surface area contributed by atoms with Gasteiger partial charge in [-0.3, -0.25) is 14.4 Å². The fraction of sp³-hybridized carbons (Fsp3) is 0.105. The SMILES string of the molecule is CC(=O)c1ccc(NC(=O)/C=C(/C)C(=O)Nc2cc(Cl)cc(Cl)c2)cc1. The maximum absolute atomic E-state index is 12.2. The first-order valence-electron chi connectivity index (χ1n) is 7.62. The van der Waals surface area contributed by atoms with Gasteiger partial charge in [-0.25, -0.2) is 0 Å². The normalized spacial score (nSPS) is 11.0. The molecule has 134 valence electrons. The molecule has 0 aliphatic rings. The summed E-state index contributed by atoms with van der Waals surface area (Å²) in [6, 6.07) is 11.1. The summed E-state index contributed by atoms with van der Waals surface area (Å²) in [6.45, 7) is 2.98. The minimum absolute atomic E-state index is 0.0589. The molecule has 26 heavy (non-hydrogen) atoms. The van der Waals surface area contributed by atoms with Crippen molar-refractivity contribution >= 4 is 52.2 Å². The van der Waals surface area contributed by atoms with Crippen LogP contribution >= 0.6 is 23.2 Å². The molecule has 0 heterocycles. The van der Waals surface area contributed by atoms with Gasteiger partial charge in [0.1, 0.15) is 0 Å². The molecule has 0 saturated carbocycles. The third-order valence-electron chi connectivity index (χ3n) is 3.39. The maximum Gasteiger partial charge on any atom is 0.251 e. The van der Waals surface area contributed by atoms with E-state index >= 15 is 0 Å². The molecule has 0 fully saturated rings. The zero-order chi connectivity index (χ0) is 19.3. The standard InChI is InChI=1S/C19H16Cl2N2O3/c1-11(19(26)23-17-9-14(20)8-15(21)10-17)7-18(25)22-16-5-3-13(4-6-16)12(2)24/h3-10H,1-2H3,(H,22,25)(H,23,26)/b11-7-. The Balaban J connectivity index is 2.01. The number of anilines is 2. The van der Waals surface area contributed by atoms with Gasteiger partial charge in [-0.2, -0.15) is 0 Å². The van der Waals surface area contributed by atoms with Gasteiger partial charge in [-0.05, 0) is 56.3 Å². The Morgan fingerprint density at radius 2 is 1.42 bits per heavy atom. The van der Waals surface area contributed by atoms with Crippen LogP contribution in [0, 0.1) is 0 Å². The second-order valence-electron chi connectivity index (χ2n) is 5.56. The summed E-state index contributed by atoms with van der Waals surface area (Å²) in [4.78, 5) is 35.4. The van der Waals surface area contributed by atoms with Crippen LogP contribution in [0.4, 0.5) is 11.4 Å². The van der Waals surface area contributed by atoms with E-state index in [0.717, 1.165) is 0 Å². The van der Waals surface area contributed by atoms with Crippen LogP contribution in [0.5, 0.6) is 0 Å². The fourth-order valence-corrected chi connectivity index (χ4v) is 2.61. The molecule has 0 aromatic heterocycles. The Hall–Kier alpha value is -2.63. The molecule has 2 aromatic carbocycles. The fourth-order valence-electron chi connectivity index (χ4n) is 2.08. The lowest BCUT2D eigenvalue weighted by Crippen LogP contribution is -2.16. The van der Waals surface area contributed by atoms with Crippen LogP contribution in [0.25, 0.3) is 0 Å². The molecular formula is C19H16Cl2N2O3. The molecule has 0 spiro atoms. The quantitative estimate of drug-likeness (QED) is 0.572. The first-order valence-corrected chi connectivity index (χ1v) is 8.38. The number of nitrogens with one attached hydrogen (secondary N) is 2. The molecular weight excluding hydrogens is 375 g/mol. The van der Waals surface area contributed by atoms with Gasteiger partial charge < -0.3 is 10.6 Å². The number of carbonyl (C=O) groups excluding carboxylic acids is 3. The lowest BCUT2D eigenvalue weighted by atomic mass is 10.1. The zero-order valence-corrected chi connectivity index (χ0v) is 15.6. The van der Waals surface area contributed by atoms with Crippen LogP contribution in [-0.4, -0.2) is 17.6 Å². The minimum Gasteiger partial charge on any atom is -0.323 e. The predicted octanol–water partition coefficient (Wildman–Crippen LogP) is 4.72. The van der Waals surface area contributed by atoms with Crippen LogP contribution < -0.4 is 10.6 Å². The molecule has 0 saturated heterocycles. The summed E-state index contributed by atoms with van der Waals surface area (Å²) in [7, 11) is 0. The molecule has 0 radical (unpaired) electrons. The van der Waals surface area contributed by atoms with Gasteiger partial charge in [-0.1, -0.05) is 23.2 Å². The number of amides is 2. The second-order valence-corrected chi connectivity index (χ2v) is 6.44. The smallest absolute Gasteiger partial charge is 0.251 e. The number of hydrogen-bond donors (Lipinski definition) is 2. The lowest BCUT2D eigenvalue weighted by Gasteiger charge is -2.07. The van der Waals surface area contributed by atoms with Crippen LogP contribution in [0.3, 0.4) is 0 Å². The van der Waals surface area contributed by atoms with Gasteiger partial charge in [0, 0.05) is 38.6 Å². The molecule has 2 amide bonds. The van der Waals surface area contributed by atoms with Crippen molar-refractivity contribution in [3.8, 4) is 0 Å². The number of benzene rings is 2. The zero-order valence-electron chi connectivity index (χ0n) is 14.1. The molecule has 0 aliphatic heterocycles. The highest BCUT2D eigenvalue weighted by Crippen LogP contribution is 2.22. The molecule has 2 N–H and O–H groups in total. The Kier molecular flexibility index (Phi) is 6.55. The van der Waals surface area contributed by atoms with Crippen LogP contribution in [-0.2, 0) is 9.59 Å². The van der Waals surface area contributed by atoms with Crippen LogP contribution in [0.15, 0.2) is 54.1 Å².